The Morgan fingerprint density at radius 1 is 1.50 bits per heavy atom. The van der Waals surface area contributed by atoms with E-state index in [-0.39, 0.29) is 29.1 Å². The molecule has 0 bridgehead atoms. The van der Waals surface area contributed by atoms with Crippen molar-refractivity contribution in [3.8, 4) is 6.07 Å². The molecule has 0 aliphatic rings. The average molecular weight is 311 g/mol. The smallest absolute Gasteiger partial charge is 0.432 e. The molecule has 0 saturated heterocycles. The van der Waals surface area contributed by atoms with Crippen LogP contribution in [0.3, 0.4) is 0 Å². The van der Waals surface area contributed by atoms with Gasteiger partial charge < -0.3 is 9.67 Å². The van der Waals surface area contributed by atoms with Gasteiger partial charge in [0.05, 0.1) is 11.1 Å². The van der Waals surface area contributed by atoms with Crippen LogP contribution in [0, 0.1) is 17.2 Å². The Balaban J connectivity index is 2.96. The van der Waals surface area contributed by atoms with E-state index in [9.17, 15) is 23.1 Å². The molecule has 0 aromatic carbocycles. The van der Waals surface area contributed by atoms with Crippen molar-refractivity contribution in [3.63, 3.8) is 0 Å². The molecular formula is C14H12F3N3O2. The number of carbonyl (C=O) groups is 1. The van der Waals surface area contributed by atoms with Gasteiger partial charge in [0.2, 0.25) is 0 Å². The molecule has 0 unspecified atom stereocenters. The topological polar surface area (TPSA) is 78.9 Å². The minimum Gasteiger partial charge on any atom is -0.478 e. The molecule has 0 atom stereocenters. The number of pyridine rings is 1. The van der Waals surface area contributed by atoms with E-state index < -0.39 is 23.4 Å². The lowest BCUT2D eigenvalue weighted by atomic mass is 10.1. The molecule has 5 nitrogen and oxygen atoms in total. The SMILES string of the molecule is CC(C)Cn1c(C(F)(F)F)c(C(=O)O)c2cc(C#N)cnc21. The lowest BCUT2D eigenvalue weighted by molar-refractivity contribution is -0.144. The van der Waals surface area contributed by atoms with Crippen molar-refractivity contribution >= 4 is 17.0 Å². The Bertz CT molecular complexity index is 785. The summed E-state index contributed by atoms with van der Waals surface area (Å²) in [7, 11) is 0. The summed E-state index contributed by atoms with van der Waals surface area (Å²) in [6.45, 7) is 3.41. The van der Waals surface area contributed by atoms with Crippen molar-refractivity contribution in [1.29, 1.82) is 5.26 Å². The Morgan fingerprint density at radius 3 is 2.59 bits per heavy atom. The monoisotopic (exact) mass is 311 g/mol. The summed E-state index contributed by atoms with van der Waals surface area (Å²) in [5.74, 6) is -1.84. The van der Waals surface area contributed by atoms with E-state index in [4.69, 9.17) is 5.26 Å². The third-order valence-corrected chi connectivity index (χ3v) is 3.06. The number of alkyl halides is 3. The van der Waals surface area contributed by atoms with Crippen LogP contribution in [-0.4, -0.2) is 20.6 Å². The largest absolute Gasteiger partial charge is 0.478 e. The first kappa shape index (κ1) is 15.8. The summed E-state index contributed by atoms with van der Waals surface area (Å²) < 4.78 is 41.0. The minimum absolute atomic E-state index is 0.00502. The quantitative estimate of drug-likeness (QED) is 0.943. The first-order chi connectivity index (χ1) is 10.2. The molecule has 0 spiro atoms. The van der Waals surface area contributed by atoms with E-state index in [2.05, 4.69) is 4.98 Å². The third kappa shape index (κ3) is 2.62. The zero-order chi connectivity index (χ0) is 16.7. The van der Waals surface area contributed by atoms with Crippen LogP contribution >= 0.6 is 0 Å². The second-order valence-corrected chi connectivity index (χ2v) is 5.24. The normalized spacial score (nSPS) is 11.9. The fraction of sp³-hybridized carbons (Fsp3) is 0.357. The highest BCUT2D eigenvalue weighted by Crippen LogP contribution is 2.38. The van der Waals surface area contributed by atoms with Crippen molar-refractivity contribution < 1.29 is 23.1 Å². The number of carboxylic acid groups (broad SMARTS) is 1. The van der Waals surface area contributed by atoms with Gasteiger partial charge in [-0.2, -0.15) is 18.4 Å². The number of hydrogen-bond acceptors (Lipinski definition) is 3. The number of nitriles is 1. The van der Waals surface area contributed by atoms with Gasteiger partial charge in [-0.05, 0) is 12.0 Å². The predicted molar refractivity (Wildman–Crippen MR) is 71.2 cm³/mol. The molecule has 0 aliphatic heterocycles. The summed E-state index contributed by atoms with van der Waals surface area (Å²) in [6.07, 6.45) is -3.71. The number of halogens is 3. The summed E-state index contributed by atoms with van der Waals surface area (Å²) in [6, 6.07) is 2.87. The van der Waals surface area contributed by atoms with Crippen LogP contribution in [-0.2, 0) is 12.7 Å². The van der Waals surface area contributed by atoms with Crippen molar-refractivity contribution in [3.05, 3.63) is 29.1 Å². The number of aromatic nitrogens is 2. The van der Waals surface area contributed by atoms with Crippen LogP contribution in [0.5, 0.6) is 0 Å². The van der Waals surface area contributed by atoms with Gasteiger partial charge in [0, 0.05) is 18.1 Å². The Kier molecular flexibility index (Phi) is 3.83. The molecule has 2 heterocycles. The Hall–Kier alpha value is -2.56. The number of rotatable bonds is 3. The van der Waals surface area contributed by atoms with Crippen LogP contribution in [0.1, 0.15) is 35.5 Å². The fourth-order valence-electron chi connectivity index (χ4n) is 2.34. The number of hydrogen-bond donors (Lipinski definition) is 1. The highest BCUT2D eigenvalue weighted by molar-refractivity contribution is 6.04. The van der Waals surface area contributed by atoms with E-state index in [1.807, 2.05) is 0 Å². The maximum absolute atomic E-state index is 13.4. The molecule has 0 amide bonds. The van der Waals surface area contributed by atoms with Gasteiger partial charge in [-0.1, -0.05) is 13.8 Å². The van der Waals surface area contributed by atoms with E-state index in [0.29, 0.717) is 0 Å². The van der Waals surface area contributed by atoms with Crippen molar-refractivity contribution in [2.75, 3.05) is 0 Å². The number of nitrogens with zero attached hydrogens (tertiary/aromatic N) is 3. The molecule has 2 aromatic rings. The number of fused-ring (bicyclic) bond motifs is 1. The van der Waals surface area contributed by atoms with Gasteiger partial charge >= 0.3 is 12.1 Å². The minimum atomic E-state index is -4.84. The molecule has 2 rings (SSSR count). The molecule has 2 aromatic heterocycles. The second kappa shape index (κ2) is 5.33. The van der Waals surface area contributed by atoms with Crippen molar-refractivity contribution in [1.82, 2.24) is 9.55 Å². The Morgan fingerprint density at radius 2 is 2.14 bits per heavy atom. The predicted octanol–water partition coefficient (Wildman–Crippen LogP) is 3.28. The van der Waals surface area contributed by atoms with Crippen LogP contribution < -0.4 is 0 Å². The standard InChI is InChI=1S/C14H12F3N3O2/c1-7(2)6-20-11(14(15,16)17)10(13(21)22)9-3-8(4-18)5-19-12(9)20/h3,5,7H,6H2,1-2H3,(H,21,22). The van der Waals surface area contributed by atoms with Gasteiger partial charge in [-0.25, -0.2) is 9.78 Å². The lowest BCUT2D eigenvalue weighted by Crippen LogP contribution is -2.19. The summed E-state index contributed by atoms with van der Waals surface area (Å²) in [5.41, 5.74) is -2.19. The second-order valence-electron chi connectivity index (χ2n) is 5.24. The van der Waals surface area contributed by atoms with Gasteiger partial charge in [0.25, 0.3) is 0 Å². The van der Waals surface area contributed by atoms with Crippen LogP contribution in [0.15, 0.2) is 12.3 Å². The maximum atomic E-state index is 13.4. The first-order valence-electron chi connectivity index (χ1n) is 6.39. The highest BCUT2D eigenvalue weighted by Gasteiger charge is 2.41. The molecular weight excluding hydrogens is 299 g/mol. The van der Waals surface area contributed by atoms with Crippen LogP contribution in [0.25, 0.3) is 11.0 Å². The molecule has 0 radical (unpaired) electrons. The molecule has 116 valence electrons. The summed E-state index contributed by atoms with van der Waals surface area (Å²) in [4.78, 5) is 15.2. The molecule has 0 saturated carbocycles. The number of carboxylic acids is 1. The molecule has 22 heavy (non-hydrogen) atoms. The zero-order valence-electron chi connectivity index (χ0n) is 11.8. The highest BCUT2D eigenvalue weighted by atomic mass is 19.4. The summed E-state index contributed by atoms with van der Waals surface area (Å²) >= 11 is 0. The fourth-order valence-corrected chi connectivity index (χ4v) is 2.34. The number of aromatic carboxylic acids is 1. The molecule has 8 heteroatoms. The van der Waals surface area contributed by atoms with Gasteiger partial charge in [0.1, 0.15) is 17.4 Å². The van der Waals surface area contributed by atoms with Crippen molar-refractivity contribution in [2.45, 2.75) is 26.6 Å². The lowest BCUT2D eigenvalue weighted by Gasteiger charge is -2.15. The van der Waals surface area contributed by atoms with E-state index >= 15 is 0 Å². The average Bonchev–Trinajstić information content (AvgIpc) is 2.71. The first-order valence-corrected chi connectivity index (χ1v) is 6.39. The van der Waals surface area contributed by atoms with E-state index in [0.717, 1.165) is 16.8 Å². The summed E-state index contributed by atoms with van der Waals surface area (Å²) in [5, 5.41) is 17.9. The van der Waals surface area contributed by atoms with E-state index in [1.54, 1.807) is 19.9 Å². The zero-order valence-corrected chi connectivity index (χ0v) is 11.8. The van der Waals surface area contributed by atoms with E-state index in [1.165, 1.54) is 0 Å². The van der Waals surface area contributed by atoms with Gasteiger partial charge in [-0.3, -0.25) is 0 Å². The molecule has 0 fully saturated rings. The van der Waals surface area contributed by atoms with Crippen molar-refractivity contribution in [2.24, 2.45) is 5.92 Å². The van der Waals surface area contributed by atoms with Crippen LogP contribution in [0.2, 0.25) is 0 Å². The van der Waals surface area contributed by atoms with Crippen LogP contribution in [0.4, 0.5) is 13.2 Å². The third-order valence-electron chi connectivity index (χ3n) is 3.06. The molecule has 0 aliphatic carbocycles. The Labute approximate surface area is 123 Å². The molecule has 1 N–H and O–H groups in total. The van der Waals surface area contributed by atoms with Gasteiger partial charge in [0.15, 0.2) is 0 Å². The van der Waals surface area contributed by atoms with Gasteiger partial charge in [-0.15, -0.1) is 0 Å². The maximum Gasteiger partial charge on any atom is 0.432 e.